The second kappa shape index (κ2) is 10.4. The molecule has 0 saturated carbocycles. The van der Waals surface area contributed by atoms with Gasteiger partial charge in [0.25, 0.3) is 0 Å². The normalized spacial score (nSPS) is 17.2. The maximum atomic E-state index is 10.8. The molecule has 1 aliphatic rings. The molecular weight excluding hydrogens is 428 g/mol. The number of hydrogen-bond acceptors (Lipinski definition) is 7. The lowest BCUT2D eigenvalue weighted by molar-refractivity contribution is 0.00832. The molecule has 1 aromatic heterocycles. The van der Waals surface area contributed by atoms with Crippen LogP contribution in [0.3, 0.4) is 0 Å². The van der Waals surface area contributed by atoms with Crippen LogP contribution in [0.5, 0.6) is 5.75 Å². The molecule has 170 valence electrons. The van der Waals surface area contributed by atoms with Crippen LogP contribution in [0.1, 0.15) is 25.3 Å². The molecule has 0 unspecified atom stereocenters. The largest absolute Gasteiger partial charge is 0.490 e. The highest BCUT2D eigenvalue weighted by Crippen LogP contribution is 2.27. The van der Waals surface area contributed by atoms with Crippen LogP contribution in [-0.2, 0) is 6.54 Å². The van der Waals surface area contributed by atoms with Gasteiger partial charge >= 0.3 is 0 Å². The van der Waals surface area contributed by atoms with Crippen molar-refractivity contribution in [2.45, 2.75) is 38.0 Å². The Kier molecular flexibility index (Phi) is 7.36. The van der Waals surface area contributed by atoms with Crippen molar-refractivity contribution in [3.05, 3.63) is 59.1 Å². The molecule has 9 heteroatoms. The summed E-state index contributed by atoms with van der Waals surface area (Å²) >= 11 is 5.97. The van der Waals surface area contributed by atoms with Crippen molar-refractivity contribution in [3.63, 3.8) is 0 Å². The number of H-pyrrole nitrogens is 1. The summed E-state index contributed by atoms with van der Waals surface area (Å²) in [6.45, 7) is 5.40. The molecule has 0 bridgehead atoms. The maximum absolute atomic E-state index is 10.8. The number of aromatic amines is 1. The Bertz CT molecular complexity index is 972. The van der Waals surface area contributed by atoms with Crippen molar-refractivity contribution in [2.24, 2.45) is 0 Å². The number of hydrogen-bond donors (Lipinski definition) is 3. The Labute approximate surface area is 192 Å². The molecule has 1 atom stereocenters. The van der Waals surface area contributed by atoms with Crippen LogP contribution in [0.25, 0.3) is 11.4 Å². The van der Waals surface area contributed by atoms with Crippen LogP contribution in [0.15, 0.2) is 48.5 Å². The van der Waals surface area contributed by atoms with Crippen LogP contribution in [0.4, 0.5) is 0 Å². The van der Waals surface area contributed by atoms with Crippen molar-refractivity contribution >= 4 is 11.6 Å². The lowest BCUT2D eigenvalue weighted by Gasteiger charge is -2.34. The minimum atomic E-state index is -1.01. The van der Waals surface area contributed by atoms with E-state index in [4.69, 9.17) is 16.3 Å². The lowest BCUT2D eigenvalue weighted by Crippen LogP contribution is -2.49. The molecule has 3 N–H and O–H groups in total. The first kappa shape index (κ1) is 22.7. The van der Waals surface area contributed by atoms with Gasteiger partial charge in [-0.05, 0) is 73.1 Å². The lowest BCUT2D eigenvalue weighted by atomic mass is 10.0. The number of aromatic nitrogens is 4. The summed E-state index contributed by atoms with van der Waals surface area (Å²) in [5, 5.41) is 29.1. The van der Waals surface area contributed by atoms with Gasteiger partial charge in [0.2, 0.25) is 0 Å². The Morgan fingerprint density at radius 1 is 1.19 bits per heavy atom. The van der Waals surface area contributed by atoms with Crippen LogP contribution in [-0.4, -0.2) is 68.5 Å². The minimum Gasteiger partial charge on any atom is -0.490 e. The number of rotatable bonds is 9. The molecule has 2 aromatic carbocycles. The van der Waals surface area contributed by atoms with E-state index in [2.05, 4.69) is 43.0 Å². The van der Waals surface area contributed by atoms with E-state index in [1.54, 1.807) is 6.92 Å². The van der Waals surface area contributed by atoms with Crippen LogP contribution in [0.2, 0.25) is 5.02 Å². The average molecular weight is 457 g/mol. The Morgan fingerprint density at radius 2 is 1.94 bits per heavy atom. The number of halogens is 1. The first-order valence-corrected chi connectivity index (χ1v) is 11.2. The van der Waals surface area contributed by atoms with E-state index in [9.17, 15) is 5.11 Å². The molecule has 3 aromatic rings. The van der Waals surface area contributed by atoms with Gasteiger partial charge in [0.1, 0.15) is 18.0 Å². The summed E-state index contributed by atoms with van der Waals surface area (Å²) in [7, 11) is 0. The number of para-hydroxylation sites is 1. The summed E-state index contributed by atoms with van der Waals surface area (Å²) < 4.78 is 5.93. The molecule has 1 fully saturated rings. The predicted octanol–water partition coefficient (Wildman–Crippen LogP) is 2.90. The Balaban J connectivity index is 1.22. The smallest absolute Gasteiger partial charge is 0.183 e. The average Bonchev–Trinajstić information content (AvgIpc) is 3.34. The van der Waals surface area contributed by atoms with Crippen LogP contribution in [0, 0.1) is 0 Å². The molecule has 0 radical (unpaired) electrons. The van der Waals surface area contributed by atoms with Crippen molar-refractivity contribution in [1.29, 1.82) is 0 Å². The molecule has 1 aliphatic heterocycles. The fourth-order valence-corrected chi connectivity index (χ4v) is 3.98. The molecule has 32 heavy (non-hydrogen) atoms. The molecule has 8 nitrogen and oxygen atoms in total. The SMILES string of the molecule is C[C@@](O)(CNC1CCN(Cc2ccc(Cl)cc2)CC1)COc1ccccc1-c1nnn[nH]1. The topological polar surface area (TPSA) is 99.2 Å². The number of nitrogens with zero attached hydrogens (tertiary/aromatic N) is 4. The fourth-order valence-electron chi connectivity index (χ4n) is 3.85. The number of ether oxygens (including phenoxy) is 1. The second-order valence-electron chi connectivity index (χ2n) is 8.59. The van der Waals surface area contributed by atoms with E-state index in [-0.39, 0.29) is 6.61 Å². The predicted molar refractivity (Wildman–Crippen MR) is 123 cm³/mol. The van der Waals surface area contributed by atoms with Crippen molar-refractivity contribution in [2.75, 3.05) is 26.2 Å². The molecular formula is C23H29ClN6O2. The number of nitrogens with one attached hydrogen (secondary N) is 2. The first-order chi connectivity index (χ1) is 15.5. The number of tetrazole rings is 1. The molecule has 0 amide bonds. The molecule has 0 aliphatic carbocycles. The third kappa shape index (κ3) is 6.26. The van der Waals surface area contributed by atoms with Gasteiger partial charge in [-0.25, -0.2) is 5.10 Å². The zero-order chi connectivity index (χ0) is 22.4. The van der Waals surface area contributed by atoms with Gasteiger partial charge in [-0.1, -0.05) is 35.9 Å². The van der Waals surface area contributed by atoms with Crippen molar-refractivity contribution < 1.29 is 9.84 Å². The number of likely N-dealkylation sites (tertiary alicyclic amines) is 1. The monoisotopic (exact) mass is 456 g/mol. The van der Waals surface area contributed by atoms with Gasteiger partial charge in [0.05, 0.1) is 5.56 Å². The summed E-state index contributed by atoms with van der Waals surface area (Å²) in [6, 6.07) is 15.9. The summed E-state index contributed by atoms with van der Waals surface area (Å²) in [4.78, 5) is 2.46. The minimum absolute atomic E-state index is 0.161. The van der Waals surface area contributed by atoms with E-state index in [1.807, 2.05) is 36.4 Å². The highest BCUT2D eigenvalue weighted by Gasteiger charge is 2.26. The second-order valence-corrected chi connectivity index (χ2v) is 9.03. The number of benzene rings is 2. The summed E-state index contributed by atoms with van der Waals surface area (Å²) in [5.41, 5.74) is 1.03. The maximum Gasteiger partial charge on any atom is 0.183 e. The zero-order valence-corrected chi connectivity index (χ0v) is 18.9. The van der Waals surface area contributed by atoms with Gasteiger partial charge in [-0.2, -0.15) is 0 Å². The summed E-state index contributed by atoms with van der Waals surface area (Å²) in [6.07, 6.45) is 2.09. The standard InChI is InChI=1S/C23H29ClN6O2/c1-23(31,16-32-21-5-3-2-4-20(21)22-26-28-29-27-22)15-25-19-10-12-30(13-11-19)14-17-6-8-18(24)9-7-17/h2-9,19,25,31H,10-16H2,1H3,(H,26,27,28,29)/t23-/m1/s1. The van der Waals surface area contributed by atoms with Gasteiger partial charge in [0.15, 0.2) is 5.82 Å². The van der Waals surface area contributed by atoms with Crippen LogP contribution < -0.4 is 10.1 Å². The molecule has 4 rings (SSSR count). The highest BCUT2D eigenvalue weighted by atomic mass is 35.5. The van der Waals surface area contributed by atoms with E-state index in [1.165, 1.54) is 5.56 Å². The highest BCUT2D eigenvalue weighted by molar-refractivity contribution is 6.30. The van der Waals surface area contributed by atoms with E-state index >= 15 is 0 Å². The zero-order valence-electron chi connectivity index (χ0n) is 18.2. The van der Waals surface area contributed by atoms with Gasteiger partial charge < -0.3 is 15.2 Å². The molecule has 2 heterocycles. The van der Waals surface area contributed by atoms with Gasteiger partial charge in [0, 0.05) is 24.2 Å². The molecule has 0 spiro atoms. The van der Waals surface area contributed by atoms with Crippen molar-refractivity contribution in [3.8, 4) is 17.1 Å². The van der Waals surface area contributed by atoms with E-state index in [0.717, 1.165) is 43.1 Å². The van der Waals surface area contributed by atoms with E-state index < -0.39 is 5.60 Å². The third-order valence-electron chi connectivity index (χ3n) is 5.70. The first-order valence-electron chi connectivity index (χ1n) is 10.9. The number of aliphatic hydroxyl groups is 1. The van der Waals surface area contributed by atoms with Crippen LogP contribution >= 0.6 is 11.6 Å². The Morgan fingerprint density at radius 3 is 2.66 bits per heavy atom. The molecule has 1 saturated heterocycles. The van der Waals surface area contributed by atoms with Crippen molar-refractivity contribution in [1.82, 2.24) is 30.8 Å². The quantitative estimate of drug-likeness (QED) is 0.455. The van der Waals surface area contributed by atoms with E-state index in [0.29, 0.717) is 24.2 Å². The fraction of sp³-hybridized carbons (Fsp3) is 0.435. The third-order valence-corrected chi connectivity index (χ3v) is 5.96. The van der Waals surface area contributed by atoms with Gasteiger partial charge in [-0.15, -0.1) is 5.10 Å². The van der Waals surface area contributed by atoms with Gasteiger partial charge in [-0.3, -0.25) is 4.90 Å². The summed E-state index contributed by atoms with van der Waals surface area (Å²) in [5.74, 6) is 1.16. The Hall–Kier alpha value is -2.52. The number of piperidine rings is 1.